The minimum Gasteiger partial charge on any atom is -0.207 e. The average molecular weight is 364 g/mol. The van der Waals surface area contributed by atoms with Crippen molar-refractivity contribution in [2.24, 2.45) is 0 Å². The number of rotatable bonds is 4. The lowest BCUT2D eigenvalue weighted by Crippen LogP contribution is -2.27. The summed E-state index contributed by atoms with van der Waals surface area (Å²) in [6.45, 7) is 1.76. The van der Waals surface area contributed by atoms with Crippen LogP contribution in [0.2, 0.25) is 0 Å². The number of hydrogen-bond acceptors (Lipinski definition) is 3. The highest BCUT2D eigenvalue weighted by atomic mass is 79.9. The average Bonchev–Trinajstić information content (AvgIpc) is 2.80. The molecule has 0 spiro atoms. The number of nitrogens with one attached hydrogen (secondary N) is 1. The highest BCUT2D eigenvalue weighted by Gasteiger charge is 2.21. The quantitative estimate of drug-likeness (QED) is 0.900. The van der Waals surface area contributed by atoms with Crippen LogP contribution >= 0.6 is 27.3 Å². The molecule has 1 aromatic heterocycles. The molecule has 0 bridgehead atoms. The van der Waals surface area contributed by atoms with E-state index in [4.69, 9.17) is 0 Å². The van der Waals surface area contributed by atoms with Crippen LogP contribution in [0, 0.1) is 5.82 Å². The molecule has 102 valence electrons. The summed E-state index contributed by atoms with van der Waals surface area (Å²) in [5.41, 5.74) is 0.895. The van der Waals surface area contributed by atoms with Gasteiger partial charge in [-0.05, 0) is 63.4 Å². The van der Waals surface area contributed by atoms with Crippen LogP contribution in [0.5, 0.6) is 0 Å². The van der Waals surface area contributed by atoms with Crippen LogP contribution in [0.4, 0.5) is 4.39 Å². The molecule has 7 heteroatoms. The lowest BCUT2D eigenvalue weighted by Gasteiger charge is -2.14. The fourth-order valence-corrected chi connectivity index (χ4v) is 4.61. The normalized spacial score (nSPS) is 13.4. The third kappa shape index (κ3) is 3.42. The van der Waals surface area contributed by atoms with Crippen LogP contribution in [-0.4, -0.2) is 8.42 Å². The molecule has 0 fully saturated rings. The van der Waals surface area contributed by atoms with E-state index in [9.17, 15) is 12.8 Å². The van der Waals surface area contributed by atoms with Crippen molar-refractivity contribution in [3.8, 4) is 0 Å². The zero-order valence-electron chi connectivity index (χ0n) is 9.93. The Balaban J connectivity index is 2.28. The molecule has 3 nitrogen and oxygen atoms in total. The molecule has 0 saturated carbocycles. The van der Waals surface area contributed by atoms with E-state index < -0.39 is 15.8 Å². The molecule has 19 heavy (non-hydrogen) atoms. The van der Waals surface area contributed by atoms with Crippen molar-refractivity contribution in [3.05, 3.63) is 50.9 Å². The summed E-state index contributed by atoms with van der Waals surface area (Å²) in [5.74, 6) is -0.489. The zero-order chi connectivity index (χ0) is 14.0. The summed E-state index contributed by atoms with van der Waals surface area (Å²) in [5, 5.41) is 3.76. The van der Waals surface area contributed by atoms with Crippen molar-refractivity contribution in [1.82, 2.24) is 4.72 Å². The Kier molecular flexibility index (Phi) is 4.39. The van der Waals surface area contributed by atoms with Gasteiger partial charge in [-0.2, -0.15) is 11.3 Å². The summed E-state index contributed by atoms with van der Waals surface area (Å²) in [6, 6.07) is 5.01. The molecule has 2 rings (SSSR count). The summed E-state index contributed by atoms with van der Waals surface area (Å²) in [4.78, 5) is 0.0241. The Bertz CT molecular complexity index is 671. The van der Waals surface area contributed by atoms with Crippen molar-refractivity contribution in [2.45, 2.75) is 17.9 Å². The third-order valence-corrected chi connectivity index (χ3v) is 5.78. The fraction of sp³-hybridized carbons (Fsp3) is 0.167. The van der Waals surface area contributed by atoms with Gasteiger partial charge in [0.2, 0.25) is 10.0 Å². The van der Waals surface area contributed by atoms with Gasteiger partial charge >= 0.3 is 0 Å². The van der Waals surface area contributed by atoms with Crippen molar-refractivity contribution < 1.29 is 12.8 Å². The fourth-order valence-electron chi connectivity index (χ4n) is 1.58. The molecule has 0 saturated heterocycles. The highest BCUT2D eigenvalue weighted by Crippen LogP contribution is 2.25. The van der Waals surface area contributed by atoms with E-state index in [0.29, 0.717) is 0 Å². The van der Waals surface area contributed by atoms with Crippen molar-refractivity contribution in [3.63, 3.8) is 0 Å². The molecule has 1 atom stereocenters. The minimum atomic E-state index is -3.69. The Morgan fingerprint density at radius 2 is 2.11 bits per heavy atom. The zero-order valence-corrected chi connectivity index (χ0v) is 13.1. The van der Waals surface area contributed by atoms with E-state index in [1.807, 2.05) is 16.8 Å². The van der Waals surface area contributed by atoms with Crippen LogP contribution in [0.3, 0.4) is 0 Å². The molecular formula is C12H11BrFNO2S2. The second-order valence-electron chi connectivity index (χ2n) is 3.97. The Labute approximate surface area is 123 Å². The van der Waals surface area contributed by atoms with Crippen LogP contribution < -0.4 is 4.72 Å². The smallest absolute Gasteiger partial charge is 0.207 e. The van der Waals surface area contributed by atoms with Gasteiger partial charge in [-0.25, -0.2) is 17.5 Å². The Morgan fingerprint density at radius 1 is 1.37 bits per heavy atom. The van der Waals surface area contributed by atoms with E-state index in [0.717, 1.165) is 17.7 Å². The minimum absolute atomic E-state index is 0.0241. The SMILES string of the molecule is CC(NS(=O)(=O)c1ccc(F)cc1Br)c1ccsc1. The van der Waals surface area contributed by atoms with Gasteiger partial charge in [0.1, 0.15) is 5.82 Å². The number of thiophene rings is 1. The number of halogens is 2. The molecule has 0 radical (unpaired) electrons. The molecule has 0 aliphatic rings. The van der Waals surface area contributed by atoms with E-state index in [1.165, 1.54) is 17.4 Å². The lowest BCUT2D eigenvalue weighted by molar-refractivity contribution is 0.566. The van der Waals surface area contributed by atoms with Gasteiger partial charge in [0.15, 0.2) is 0 Å². The molecule has 0 aliphatic heterocycles. The van der Waals surface area contributed by atoms with E-state index in [2.05, 4.69) is 20.7 Å². The summed E-state index contributed by atoms with van der Waals surface area (Å²) < 4.78 is 40.2. The maximum absolute atomic E-state index is 13.0. The van der Waals surface area contributed by atoms with Gasteiger partial charge in [-0.1, -0.05) is 0 Å². The number of benzene rings is 1. The first-order chi connectivity index (χ1) is 8.90. The molecule has 0 amide bonds. The van der Waals surface area contributed by atoms with Gasteiger partial charge < -0.3 is 0 Å². The van der Waals surface area contributed by atoms with Crippen LogP contribution in [0.15, 0.2) is 44.4 Å². The summed E-state index contributed by atoms with van der Waals surface area (Å²) in [6.07, 6.45) is 0. The number of sulfonamides is 1. The second kappa shape index (κ2) is 5.70. The third-order valence-electron chi connectivity index (χ3n) is 2.56. The summed E-state index contributed by atoms with van der Waals surface area (Å²) in [7, 11) is -3.69. The van der Waals surface area contributed by atoms with Gasteiger partial charge in [0.25, 0.3) is 0 Å². The molecular weight excluding hydrogens is 353 g/mol. The molecule has 2 aromatic rings. The first-order valence-electron chi connectivity index (χ1n) is 5.39. The summed E-state index contributed by atoms with van der Waals surface area (Å²) >= 11 is 4.57. The highest BCUT2D eigenvalue weighted by molar-refractivity contribution is 9.10. The van der Waals surface area contributed by atoms with Crippen LogP contribution in [-0.2, 0) is 10.0 Å². The Morgan fingerprint density at radius 3 is 2.68 bits per heavy atom. The predicted octanol–water partition coefficient (Wildman–Crippen LogP) is 3.69. The molecule has 1 N–H and O–H groups in total. The standard InChI is InChI=1S/C12H11BrFNO2S2/c1-8(9-4-5-18-7-9)15-19(16,17)12-3-2-10(14)6-11(12)13/h2-8,15H,1H3. The second-order valence-corrected chi connectivity index (χ2v) is 7.29. The molecule has 0 aliphatic carbocycles. The Hall–Kier alpha value is -0.760. The van der Waals surface area contributed by atoms with Gasteiger partial charge in [0, 0.05) is 10.5 Å². The maximum atomic E-state index is 13.0. The van der Waals surface area contributed by atoms with Crippen molar-refractivity contribution in [1.29, 1.82) is 0 Å². The first-order valence-corrected chi connectivity index (χ1v) is 8.61. The van der Waals surface area contributed by atoms with Crippen LogP contribution in [0.25, 0.3) is 0 Å². The molecule has 1 unspecified atom stereocenters. The predicted molar refractivity (Wildman–Crippen MR) is 77.2 cm³/mol. The molecule has 1 aromatic carbocycles. The van der Waals surface area contributed by atoms with Crippen molar-refractivity contribution in [2.75, 3.05) is 0 Å². The lowest BCUT2D eigenvalue weighted by atomic mass is 10.2. The van der Waals surface area contributed by atoms with Crippen LogP contribution in [0.1, 0.15) is 18.5 Å². The van der Waals surface area contributed by atoms with E-state index in [-0.39, 0.29) is 15.4 Å². The molecule has 1 heterocycles. The number of hydrogen-bond donors (Lipinski definition) is 1. The first kappa shape index (κ1) is 14.6. The van der Waals surface area contributed by atoms with Gasteiger partial charge in [0.05, 0.1) is 4.90 Å². The van der Waals surface area contributed by atoms with E-state index >= 15 is 0 Å². The van der Waals surface area contributed by atoms with E-state index in [1.54, 1.807) is 6.92 Å². The van der Waals surface area contributed by atoms with Gasteiger partial charge in [-0.15, -0.1) is 0 Å². The van der Waals surface area contributed by atoms with Gasteiger partial charge in [-0.3, -0.25) is 0 Å². The largest absolute Gasteiger partial charge is 0.242 e. The monoisotopic (exact) mass is 363 g/mol. The topological polar surface area (TPSA) is 46.2 Å². The van der Waals surface area contributed by atoms with Crippen molar-refractivity contribution >= 4 is 37.3 Å². The maximum Gasteiger partial charge on any atom is 0.242 e.